The van der Waals surface area contributed by atoms with Crippen LogP contribution in [0.3, 0.4) is 0 Å². The SMILES string of the molecule is CC(C)(C)c1ccc(N(c2ccccc2)c2cccc3c2c2ccccc2n3-c2ccc(-c3ccc(-c4ccccc4)cc3)c3ccccc23)cc1. The Morgan fingerprint density at radius 3 is 1.67 bits per heavy atom. The summed E-state index contributed by atoms with van der Waals surface area (Å²) in [7, 11) is 0. The number of anilines is 3. The molecule has 1 heterocycles. The summed E-state index contributed by atoms with van der Waals surface area (Å²) in [6, 6.07) is 68.4. The van der Waals surface area contributed by atoms with E-state index in [0.29, 0.717) is 0 Å². The summed E-state index contributed by atoms with van der Waals surface area (Å²) in [5, 5.41) is 4.91. The van der Waals surface area contributed by atoms with E-state index in [1.807, 2.05) is 0 Å². The highest BCUT2D eigenvalue weighted by atomic mass is 15.1. The van der Waals surface area contributed by atoms with E-state index in [1.54, 1.807) is 0 Å². The van der Waals surface area contributed by atoms with Crippen molar-refractivity contribution in [3.8, 4) is 27.9 Å². The van der Waals surface area contributed by atoms with E-state index in [-0.39, 0.29) is 5.41 Å². The zero-order valence-electron chi connectivity index (χ0n) is 29.8. The molecular formula is C50H40N2. The minimum Gasteiger partial charge on any atom is -0.310 e. The summed E-state index contributed by atoms with van der Waals surface area (Å²) >= 11 is 0. The number of hydrogen-bond donors (Lipinski definition) is 0. The van der Waals surface area contributed by atoms with Gasteiger partial charge in [0.1, 0.15) is 0 Å². The Bertz CT molecular complexity index is 2680. The molecule has 0 N–H and O–H groups in total. The fourth-order valence-corrected chi connectivity index (χ4v) is 7.76. The number of fused-ring (bicyclic) bond motifs is 4. The van der Waals surface area contributed by atoms with Crippen molar-refractivity contribution in [1.29, 1.82) is 0 Å². The third-order valence-electron chi connectivity index (χ3n) is 10.4. The van der Waals surface area contributed by atoms with Crippen molar-refractivity contribution >= 4 is 49.6 Å². The molecule has 0 spiro atoms. The largest absolute Gasteiger partial charge is 0.310 e. The number of aromatic nitrogens is 1. The molecule has 0 saturated heterocycles. The number of rotatable bonds is 6. The van der Waals surface area contributed by atoms with Gasteiger partial charge in [0.15, 0.2) is 0 Å². The molecule has 2 heteroatoms. The molecule has 2 nitrogen and oxygen atoms in total. The Labute approximate surface area is 305 Å². The second kappa shape index (κ2) is 12.7. The third kappa shape index (κ3) is 5.45. The van der Waals surface area contributed by atoms with Gasteiger partial charge in [0.05, 0.1) is 22.4 Å². The fraction of sp³-hybridized carbons (Fsp3) is 0.0800. The number of hydrogen-bond acceptors (Lipinski definition) is 1. The van der Waals surface area contributed by atoms with Gasteiger partial charge in [-0.05, 0) is 87.1 Å². The molecule has 0 bridgehead atoms. The molecule has 0 radical (unpaired) electrons. The van der Waals surface area contributed by atoms with Crippen LogP contribution in [0.4, 0.5) is 17.1 Å². The molecule has 9 aromatic rings. The average molecular weight is 669 g/mol. The van der Waals surface area contributed by atoms with Gasteiger partial charge in [-0.2, -0.15) is 0 Å². The van der Waals surface area contributed by atoms with Crippen molar-refractivity contribution in [2.24, 2.45) is 0 Å². The summed E-state index contributed by atoms with van der Waals surface area (Å²) in [5.41, 5.74) is 13.2. The summed E-state index contributed by atoms with van der Waals surface area (Å²) in [6.07, 6.45) is 0. The van der Waals surface area contributed by atoms with Crippen LogP contribution in [0.15, 0.2) is 188 Å². The zero-order valence-corrected chi connectivity index (χ0v) is 29.8. The highest BCUT2D eigenvalue weighted by molar-refractivity contribution is 6.17. The van der Waals surface area contributed by atoms with Crippen molar-refractivity contribution in [2.75, 3.05) is 4.90 Å². The fourth-order valence-electron chi connectivity index (χ4n) is 7.76. The van der Waals surface area contributed by atoms with Crippen LogP contribution in [0.1, 0.15) is 26.3 Å². The smallest absolute Gasteiger partial charge is 0.0562 e. The second-order valence-corrected chi connectivity index (χ2v) is 14.6. The van der Waals surface area contributed by atoms with Gasteiger partial charge >= 0.3 is 0 Å². The van der Waals surface area contributed by atoms with Crippen LogP contribution in [0.25, 0.3) is 60.5 Å². The minimum absolute atomic E-state index is 0.0769. The van der Waals surface area contributed by atoms with Crippen LogP contribution < -0.4 is 4.90 Å². The van der Waals surface area contributed by atoms with E-state index in [9.17, 15) is 0 Å². The van der Waals surface area contributed by atoms with Crippen molar-refractivity contribution < 1.29 is 0 Å². The molecule has 9 rings (SSSR count). The maximum atomic E-state index is 2.46. The van der Waals surface area contributed by atoms with Gasteiger partial charge < -0.3 is 9.47 Å². The molecule has 0 unspecified atom stereocenters. The topological polar surface area (TPSA) is 8.17 Å². The maximum absolute atomic E-state index is 2.46. The molecule has 8 aromatic carbocycles. The lowest BCUT2D eigenvalue weighted by atomic mass is 9.87. The highest BCUT2D eigenvalue weighted by Crippen LogP contribution is 2.45. The molecule has 1 aromatic heterocycles. The maximum Gasteiger partial charge on any atom is 0.0562 e. The first-order valence-corrected chi connectivity index (χ1v) is 18.1. The normalized spacial score (nSPS) is 11.8. The second-order valence-electron chi connectivity index (χ2n) is 14.6. The summed E-state index contributed by atoms with van der Waals surface area (Å²) in [4.78, 5) is 2.41. The van der Waals surface area contributed by atoms with Crippen LogP contribution in [0, 0.1) is 0 Å². The molecule has 52 heavy (non-hydrogen) atoms. The lowest BCUT2D eigenvalue weighted by molar-refractivity contribution is 0.590. The van der Waals surface area contributed by atoms with E-state index in [2.05, 4.69) is 218 Å². The Morgan fingerprint density at radius 1 is 0.404 bits per heavy atom. The molecule has 0 aliphatic heterocycles. The average Bonchev–Trinajstić information content (AvgIpc) is 3.53. The first-order valence-electron chi connectivity index (χ1n) is 18.1. The number of nitrogens with zero attached hydrogens (tertiary/aromatic N) is 2. The van der Waals surface area contributed by atoms with Gasteiger partial charge in [0.25, 0.3) is 0 Å². The van der Waals surface area contributed by atoms with E-state index in [1.165, 1.54) is 66.1 Å². The lowest BCUT2D eigenvalue weighted by Crippen LogP contribution is -2.13. The minimum atomic E-state index is 0.0769. The Hall–Kier alpha value is -6.38. The van der Waals surface area contributed by atoms with Gasteiger partial charge in [-0.3, -0.25) is 0 Å². The quantitative estimate of drug-likeness (QED) is 0.171. The molecule has 0 aliphatic rings. The summed E-state index contributed by atoms with van der Waals surface area (Å²) in [5.74, 6) is 0. The molecule has 0 aliphatic carbocycles. The van der Waals surface area contributed by atoms with Crippen LogP contribution in [0.5, 0.6) is 0 Å². The van der Waals surface area contributed by atoms with Gasteiger partial charge in [0.2, 0.25) is 0 Å². The van der Waals surface area contributed by atoms with Gasteiger partial charge in [-0.15, -0.1) is 0 Å². The molecule has 250 valence electrons. The summed E-state index contributed by atoms with van der Waals surface area (Å²) < 4.78 is 2.46. The molecular weight excluding hydrogens is 629 g/mol. The van der Waals surface area contributed by atoms with Crippen molar-refractivity contribution in [3.63, 3.8) is 0 Å². The van der Waals surface area contributed by atoms with Crippen molar-refractivity contribution in [2.45, 2.75) is 26.2 Å². The van der Waals surface area contributed by atoms with E-state index < -0.39 is 0 Å². The Balaban J connectivity index is 1.24. The van der Waals surface area contributed by atoms with Crippen LogP contribution in [-0.2, 0) is 5.41 Å². The van der Waals surface area contributed by atoms with E-state index in [0.717, 1.165) is 17.1 Å². The molecule has 0 saturated carbocycles. The van der Waals surface area contributed by atoms with E-state index in [4.69, 9.17) is 0 Å². The van der Waals surface area contributed by atoms with Crippen LogP contribution in [-0.4, -0.2) is 4.57 Å². The standard InChI is InChI=1S/C50H40N2/c1-50(2,3)38-29-31-40(32-30-38)51(39-17-8-5-9-18-39)47-23-14-24-48-49(47)44-21-12-13-22-45(44)52(48)46-34-33-41(42-19-10-11-20-43(42)46)37-27-25-36(26-28-37)35-15-6-4-7-16-35/h4-34H,1-3H3. The summed E-state index contributed by atoms with van der Waals surface area (Å²) in [6.45, 7) is 6.80. The van der Waals surface area contributed by atoms with Gasteiger partial charge in [-0.1, -0.05) is 160 Å². The first kappa shape index (κ1) is 31.6. The predicted octanol–water partition coefficient (Wildman–Crippen LogP) is 14.0. The molecule has 0 amide bonds. The van der Waals surface area contributed by atoms with Gasteiger partial charge in [0, 0.05) is 27.5 Å². The molecule has 0 fully saturated rings. The third-order valence-corrected chi connectivity index (χ3v) is 10.4. The van der Waals surface area contributed by atoms with Crippen molar-refractivity contribution in [1.82, 2.24) is 4.57 Å². The first-order chi connectivity index (χ1) is 25.5. The van der Waals surface area contributed by atoms with Crippen molar-refractivity contribution in [3.05, 3.63) is 194 Å². The lowest BCUT2D eigenvalue weighted by Gasteiger charge is -2.27. The monoisotopic (exact) mass is 668 g/mol. The highest BCUT2D eigenvalue weighted by Gasteiger charge is 2.22. The Kier molecular flexibility index (Phi) is 7.74. The zero-order chi connectivity index (χ0) is 35.2. The number of para-hydroxylation sites is 2. The van der Waals surface area contributed by atoms with Crippen LogP contribution >= 0.6 is 0 Å². The predicted molar refractivity (Wildman–Crippen MR) is 223 cm³/mol. The molecule has 0 atom stereocenters. The van der Waals surface area contributed by atoms with E-state index >= 15 is 0 Å². The van der Waals surface area contributed by atoms with Crippen LogP contribution in [0.2, 0.25) is 0 Å². The number of benzene rings is 8. The Morgan fingerprint density at radius 2 is 0.962 bits per heavy atom. The van der Waals surface area contributed by atoms with Gasteiger partial charge in [-0.25, -0.2) is 0 Å².